The predicted octanol–water partition coefficient (Wildman–Crippen LogP) is 3.18. The second-order valence-electron chi connectivity index (χ2n) is 6.06. The fourth-order valence-electron chi connectivity index (χ4n) is 2.36. The summed E-state index contributed by atoms with van der Waals surface area (Å²) in [7, 11) is 0. The first-order chi connectivity index (χ1) is 12.9. The van der Waals surface area contributed by atoms with Gasteiger partial charge in [0, 0.05) is 23.4 Å². The number of rotatable bonds is 9. The number of aryl methyl sites for hydroxylation is 1. The molecule has 4 N–H and O–H groups in total. The molecule has 0 aromatic heterocycles. The molecule has 0 unspecified atom stereocenters. The quantitative estimate of drug-likeness (QED) is 0.577. The van der Waals surface area contributed by atoms with Gasteiger partial charge in [-0.1, -0.05) is 12.1 Å². The summed E-state index contributed by atoms with van der Waals surface area (Å²) in [6.07, 6.45) is 1.11. The SMILES string of the molecule is Cc1cccc(NC(=O)CCCSCC(=O)Nc2ccc(C(N)=O)cc2)c1. The first kappa shape index (κ1) is 20.5. The fraction of sp³-hybridized carbons (Fsp3) is 0.250. The van der Waals surface area contributed by atoms with Crippen LogP contribution in [-0.2, 0) is 9.59 Å². The number of nitrogens with one attached hydrogen (secondary N) is 2. The van der Waals surface area contributed by atoms with E-state index in [0.29, 0.717) is 29.8 Å². The van der Waals surface area contributed by atoms with Crippen molar-refractivity contribution in [2.45, 2.75) is 19.8 Å². The Morgan fingerprint density at radius 2 is 1.67 bits per heavy atom. The molecule has 7 heteroatoms. The van der Waals surface area contributed by atoms with Crippen molar-refractivity contribution in [3.8, 4) is 0 Å². The molecular formula is C20H23N3O3S. The zero-order chi connectivity index (χ0) is 19.6. The smallest absolute Gasteiger partial charge is 0.248 e. The van der Waals surface area contributed by atoms with Crippen molar-refractivity contribution < 1.29 is 14.4 Å². The van der Waals surface area contributed by atoms with Gasteiger partial charge in [0.15, 0.2) is 0 Å². The number of hydrogen-bond donors (Lipinski definition) is 3. The summed E-state index contributed by atoms with van der Waals surface area (Å²) in [5, 5.41) is 5.62. The Labute approximate surface area is 162 Å². The van der Waals surface area contributed by atoms with Gasteiger partial charge >= 0.3 is 0 Å². The largest absolute Gasteiger partial charge is 0.366 e. The second-order valence-corrected chi connectivity index (χ2v) is 7.17. The lowest BCUT2D eigenvalue weighted by atomic mass is 10.2. The summed E-state index contributed by atoms with van der Waals surface area (Å²) in [5.41, 5.74) is 8.08. The molecule has 0 saturated carbocycles. The molecular weight excluding hydrogens is 362 g/mol. The van der Waals surface area contributed by atoms with E-state index in [2.05, 4.69) is 10.6 Å². The standard InChI is InChI=1S/C20H23N3O3S/c1-14-4-2-5-17(12-14)23-18(24)6-3-11-27-13-19(25)22-16-9-7-15(8-10-16)20(21)26/h2,4-5,7-10,12H,3,6,11,13H2,1H3,(H2,21,26)(H,22,25)(H,23,24). The molecule has 142 valence electrons. The molecule has 0 aliphatic heterocycles. The van der Waals surface area contributed by atoms with E-state index in [-0.39, 0.29) is 11.8 Å². The van der Waals surface area contributed by atoms with Crippen LogP contribution < -0.4 is 16.4 Å². The first-order valence-electron chi connectivity index (χ1n) is 8.58. The summed E-state index contributed by atoms with van der Waals surface area (Å²) in [6, 6.07) is 14.1. The average molecular weight is 385 g/mol. The maximum atomic E-state index is 11.9. The van der Waals surface area contributed by atoms with Crippen molar-refractivity contribution >= 4 is 40.9 Å². The van der Waals surface area contributed by atoms with Gasteiger partial charge in [0.05, 0.1) is 5.75 Å². The highest BCUT2D eigenvalue weighted by atomic mass is 32.2. The molecule has 0 heterocycles. The lowest BCUT2D eigenvalue weighted by Gasteiger charge is -2.07. The van der Waals surface area contributed by atoms with Crippen molar-refractivity contribution in [2.75, 3.05) is 22.1 Å². The molecule has 0 fully saturated rings. The van der Waals surface area contributed by atoms with Crippen LogP contribution in [0.1, 0.15) is 28.8 Å². The molecule has 0 aliphatic rings. The highest BCUT2D eigenvalue weighted by Crippen LogP contribution is 2.13. The van der Waals surface area contributed by atoms with Gasteiger partial charge in [-0.2, -0.15) is 11.8 Å². The molecule has 0 saturated heterocycles. The minimum atomic E-state index is -0.505. The number of anilines is 2. The highest BCUT2D eigenvalue weighted by Gasteiger charge is 2.06. The van der Waals surface area contributed by atoms with E-state index in [1.54, 1.807) is 24.3 Å². The summed E-state index contributed by atoms with van der Waals surface area (Å²) in [4.78, 5) is 34.8. The van der Waals surface area contributed by atoms with Crippen molar-refractivity contribution in [3.63, 3.8) is 0 Å². The zero-order valence-corrected chi connectivity index (χ0v) is 16.0. The molecule has 6 nitrogen and oxygen atoms in total. The lowest BCUT2D eigenvalue weighted by molar-refractivity contribution is -0.116. The number of primary amides is 1. The van der Waals surface area contributed by atoms with E-state index in [4.69, 9.17) is 5.73 Å². The van der Waals surface area contributed by atoms with Crippen LogP contribution in [0.15, 0.2) is 48.5 Å². The molecule has 0 aliphatic carbocycles. The number of carbonyl (C=O) groups excluding carboxylic acids is 3. The van der Waals surface area contributed by atoms with Crippen LogP contribution in [0.2, 0.25) is 0 Å². The third-order valence-electron chi connectivity index (χ3n) is 3.68. The van der Waals surface area contributed by atoms with Crippen LogP contribution in [0.25, 0.3) is 0 Å². The number of nitrogens with two attached hydrogens (primary N) is 1. The summed E-state index contributed by atoms with van der Waals surface area (Å²) < 4.78 is 0. The van der Waals surface area contributed by atoms with E-state index in [1.165, 1.54) is 11.8 Å². The minimum Gasteiger partial charge on any atom is -0.366 e. The number of amides is 3. The molecule has 0 radical (unpaired) electrons. The summed E-state index contributed by atoms with van der Waals surface area (Å²) in [6.45, 7) is 1.98. The monoisotopic (exact) mass is 385 g/mol. The molecule has 0 bridgehead atoms. The molecule has 0 spiro atoms. The maximum Gasteiger partial charge on any atom is 0.248 e. The van der Waals surface area contributed by atoms with E-state index in [0.717, 1.165) is 17.0 Å². The van der Waals surface area contributed by atoms with Crippen molar-refractivity contribution in [1.29, 1.82) is 0 Å². The summed E-state index contributed by atoms with van der Waals surface area (Å²) >= 11 is 1.47. The minimum absolute atomic E-state index is 0.0276. The normalized spacial score (nSPS) is 10.3. The van der Waals surface area contributed by atoms with Crippen LogP contribution in [0, 0.1) is 6.92 Å². The highest BCUT2D eigenvalue weighted by molar-refractivity contribution is 7.99. The van der Waals surface area contributed by atoms with Gasteiger partial charge in [-0.25, -0.2) is 0 Å². The third kappa shape index (κ3) is 7.53. The van der Waals surface area contributed by atoms with E-state index in [1.807, 2.05) is 31.2 Å². The van der Waals surface area contributed by atoms with Gasteiger partial charge in [0.2, 0.25) is 17.7 Å². The van der Waals surface area contributed by atoms with Crippen molar-refractivity contribution in [1.82, 2.24) is 0 Å². The Morgan fingerprint density at radius 3 is 2.33 bits per heavy atom. The van der Waals surface area contributed by atoms with Gasteiger partial charge in [0.25, 0.3) is 0 Å². The predicted molar refractivity (Wildman–Crippen MR) is 110 cm³/mol. The molecule has 2 aromatic carbocycles. The summed E-state index contributed by atoms with van der Waals surface area (Å²) in [5.74, 6) is 0.359. The number of benzene rings is 2. The molecule has 27 heavy (non-hydrogen) atoms. The van der Waals surface area contributed by atoms with Gasteiger partial charge in [0.1, 0.15) is 0 Å². The first-order valence-corrected chi connectivity index (χ1v) is 9.73. The molecule has 2 aromatic rings. The van der Waals surface area contributed by atoms with Crippen molar-refractivity contribution in [3.05, 3.63) is 59.7 Å². The Hall–Kier alpha value is -2.80. The van der Waals surface area contributed by atoms with Gasteiger partial charge in [-0.05, 0) is 61.1 Å². The van der Waals surface area contributed by atoms with Gasteiger partial charge in [-0.3, -0.25) is 14.4 Å². The Balaban J connectivity index is 1.61. The molecule has 2 rings (SSSR count). The lowest BCUT2D eigenvalue weighted by Crippen LogP contribution is -2.15. The average Bonchev–Trinajstić information content (AvgIpc) is 2.62. The van der Waals surface area contributed by atoms with Crippen LogP contribution in [0.4, 0.5) is 11.4 Å². The van der Waals surface area contributed by atoms with E-state index >= 15 is 0 Å². The van der Waals surface area contributed by atoms with Crippen LogP contribution in [0.3, 0.4) is 0 Å². The van der Waals surface area contributed by atoms with Gasteiger partial charge in [-0.15, -0.1) is 0 Å². The number of carbonyl (C=O) groups is 3. The van der Waals surface area contributed by atoms with E-state index in [9.17, 15) is 14.4 Å². The Kier molecular flexibility index (Phi) is 7.88. The van der Waals surface area contributed by atoms with E-state index < -0.39 is 5.91 Å². The molecule has 3 amide bonds. The van der Waals surface area contributed by atoms with Crippen LogP contribution in [0.5, 0.6) is 0 Å². The number of thioether (sulfide) groups is 1. The fourth-order valence-corrected chi connectivity index (χ4v) is 3.11. The van der Waals surface area contributed by atoms with Gasteiger partial charge < -0.3 is 16.4 Å². The topological polar surface area (TPSA) is 101 Å². The Morgan fingerprint density at radius 1 is 0.963 bits per heavy atom. The molecule has 0 atom stereocenters. The second kappa shape index (κ2) is 10.4. The zero-order valence-electron chi connectivity index (χ0n) is 15.2. The van der Waals surface area contributed by atoms with Crippen LogP contribution >= 0.6 is 11.8 Å². The maximum absolute atomic E-state index is 11.9. The Bertz CT molecular complexity index is 806. The third-order valence-corrected chi connectivity index (χ3v) is 4.72. The van der Waals surface area contributed by atoms with Crippen LogP contribution in [-0.4, -0.2) is 29.2 Å². The number of hydrogen-bond acceptors (Lipinski definition) is 4. The van der Waals surface area contributed by atoms with Crippen molar-refractivity contribution in [2.24, 2.45) is 5.73 Å².